The van der Waals surface area contributed by atoms with Gasteiger partial charge in [0.15, 0.2) is 5.41 Å². The number of hydrogen-bond acceptors (Lipinski definition) is 6. The number of benzene rings is 1. The maximum absolute atomic E-state index is 12.8. The molecule has 0 aliphatic carbocycles. The van der Waals surface area contributed by atoms with E-state index in [1.165, 1.54) is 7.11 Å². The van der Waals surface area contributed by atoms with E-state index in [0.717, 1.165) is 0 Å². The molecule has 1 aromatic rings. The number of allylic oxidation sites excluding steroid dienone is 1. The number of ether oxygens (including phenoxy) is 2. The van der Waals surface area contributed by atoms with Crippen molar-refractivity contribution in [1.82, 2.24) is 5.32 Å². The molecule has 2 aliphatic rings. The summed E-state index contributed by atoms with van der Waals surface area (Å²) in [5.74, 6) is -1.14. The van der Waals surface area contributed by atoms with Crippen LogP contribution in [0.4, 0.5) is 0 Å². The molecule has 1 amide bonds. The van der Waals surface area contributed by atoms with Crippen LogP contribution < -0.4 is 15.8 Å². The lowest BCUT2D eigenvalue weighted by atomic mass is 9.68. The van der Waals surface area contributed by atoms with Crippen LogP contribution in [-0.2, 0) is 19.7 Å². The second-order valence-corrected chi connectivity index (χ2v) is 5.14. The van der Waals surface area contributed by atoms with Crippen LogP contribution in [0.15, 0.2) is 47.0 Å². The molecule has 0 radical (unpaired) electrons. The second-order valence-electron chi connectivity index (χ2n) is 5.14. The van der Waals surface area contributed by atoms with E-state index < -0.39 is 17.3 Å². The van der Waals surface area contributed by atoms with Crippen molar-refractivity contribution in [2.24, 2.45) is 5.73 Å². The van der Waals surface area contributed by atoms with Crippen LogP contribution in [0.1, 0.15) is 12.5 Å². The lowest BCUT2D eigenvalue weighted by Crippen LogP contribution is -2.46. The number of nitriles is 1. The van der Waals surface area contributed by atoms with Gasteiger partial charge in [0.1, 0.15) is 17.4 Å². The standard InChI is InChI=1S/C16H13N3O4/c1-8-12(14(20)22-2)16(15(21)19-8)9-5-3-4-6-11(9)23-13(18)10(16)7-17/h3-6H,18H2,1-2H3,(H,19,21)/t16-/m0/s1. The fraction of sp³-hybridized carbons (Fsp3) is 0.188. The summed E-state index contributed by atoms with van der Waals surface area (Å²) in [5, 5.41) is 12.2. The van der Waals surface area contributed by atoms with Gasteiger partial charge < -0.3 is 20.5 Å². The Hall–Kier alpha value is -3.27. The Balaban J connectivity index is 2.45. The van der Waals surface area contributed by atoms with Crippen LogP contribution in [0.2, 0.25) is 0 Å². The van der Waals surface area contributed by atoms with Crippen LogP contribution in [0.3, 0.4) is 0 Å². The van der Waals surface area contributed by atoms with Gasteiger partial charge in [-0.3, -0.25) is 4.79 Å². The van der Waals surface area contributed by atoms with Crippen molar-refractivity contribution in [3.8, 4) is 11.8 Å². The Morgan fingerprint density at radius 3 is 2.78 bits per heavy atom. The molecule has 2 aliphatic heterocycles. The molecular weight excluding hydrogens is 298 g/mol. The largest absolute Gasteiger partial charge is 0.466 e. The highest BCUT2D eigenvalue weighted by Gasteiger charge is 2.59. The van der Waals surface area contributed by atoms with Gasteiger partial charge in [-0.2, -0.15) is 5.26 Å². The molecule has 7 heteroatoms. The Labute approximate surface area is 132 Å². The average molecular weight is 311 g/mol. The molecule has 1 atom stereocenters. The summed E-state index contributed by atoms with van der Waals surface area (Å²) in [6.07, 6.45) is 0. The van der Waals surface area contributed by atoms with E-state index in [0.29, 0.717) is 17.0 Å². The SMILES string of the molecule is COC(=O)C1=C(C)NC(=O)[C@@]12C(C#N)=C(N)Oc1ccccc12. The number of amides is 1. The van der Waals surface area contributed by atoms with Crippen LogP contribution in [0, 0.1) is 11.3 Å². The third-order valence-electron chi connectivity index (χ3n) is 4.03. The number of methoxy groups -OCH3 is 1. The molecule has 3 N–H and O–H groups in total. The summed E-state index contributed by atoms with van der Waals surface area (Å²) in [6.45, 7) is 1.57. The topological polar surface area (TPSA) is 114 Å². The van der Waals surface area contributed by atoms with Crippen molar-refractivity contribution < 1.29 is 19.1 Å². The summed E-state index contributed by atoms with van der Waals surface area (Å²) in [7, 11) is 1.21. The van der Waals surface area contributed by atoms with E-state index in [9.17, 15) is 14.9 Å². The highest BCUT2D eigenvalue weighted by molar-refractivity contribution is 6.12. The number of nitrogens with zero attached hydrogens (tertiary/aromatic N) is 1. The normalized spacial score (nSPS) is 22.4. The maximum Gasteiger partial charge on any atom is 0.337 e. The second kappa shape index (κ2) is 4.88. The number of esters is 1. The van der Waals surface area contributed by atoms with E-state index in [1.807, 2.05) is 6.07 Å². The minimum absolute atomic E-state index is 0.0419. The van der Waals surface area contributed by atoms with Crippen molar-refractivity contribution in [2.75, 3.05) is 7.11 Å². The number of fused-ring (bicyclic) bond motifs is 2. The van der Waals surface area contributed by atoms with Crippen molar-refractivity contribution in [1.29, 1.82) is 5.26 Å². The van der Waals surface area contributed by atoms with Gasteiger partial charge in [-0.1, -0.05) is 18.2 Å². The minimum Gasteiger partial charge on any atom is -0.466 e. The van der Waals surface area contributed by atoms with Gasteiger partial charge in [0, 0.05) is 11.3 Å². The highest BCUT2D eigenvalue weighted by Crippen LogP contribution is 2.50. The number of rotatable bonds is 1. The molecule has 2 heterocycles. The Morgan fingerprint density at radius 1 is 1.43 bits per heavy atom. The van der Waals surface area contributed by atoms with Gasteiger partial charge in [-0.25, -0.2) is 4.79 Å². The van der Waals surface area contributed by atoms with E-state index in [1.54, 1.807) is 31.2 Å². The van der Waals surface area contributed by atoms with Crippen LogP contribution in [-0.4, -0.2) is 19.0 Å². The van der Waals surface area contributed by atoms with Crippen molar-refractivity contribution in [3.63, 3.8) is 0 Å². The van der Waals surface area contributed by atoms with Crippen LogP contribution in [0.25, 0.3) is 0 Å². The fourth-order valence-corrected chi connectivity index (χ4v) is 3.12. The van der Waals surface area contributed by atoms with Gasteiger partial charge in [0.05, 0.1) is 12.7 Å². The lowest BCUT2D eigenvalue weighted by molar-refractivity contribution is -0.138. The number of carbonyl (C=O) groups is 2. The molecule has 7 nitrogen and oxygen atoms in total. The van der Waals surface area contributed by atoms with Crippen LogP contribution >= 0.6 is 0 Å². The maximum atomic E-state index is 12.8. The number of carbonyl (C=O) groups excluding carboxylic acids is 2. The van der Waals surface area contributed by atoms with Crippen LogP contribution in [0.5, 0.6) is 5.75 Å². The number of para-hydroxylation sites is 1. The van der Waals surface area contributed by atoms with Gasteiger partial charge in [-0.15, -0.1) is 0 Å². The van der Waals surface area contributed by atoms with Crippen molar-refractivity contribution in [2.45, 2.75) is 12.3 Å². The predicted octanol–water partition coefficient (Wildman–Crippen LogP) is 0.587. The molecule has 0 fully saturated rings. The first-order valence-electron chi connectivity index (χ1n) is 6.77. The van der Waals surface area contributed by atoms with E-state index in [-0.39, 0.29) is 17.0 Å². The van der Waals surface area contributed by atoms with E-state index >= 15 is 0 Å². The molecule has 0 saturated carbocycles. The zero-order valence-corrected chi connectivity index (χ0v) is 12.5. The summed E-state index contributed by atoms with van der Waals surface area (Å²) in [5.41, 5.74) is 4.79. The number of nitrogens with one attached hydrogen (secondary N) is 1. The zero-order valence-electron chi connectivity index (χ0n) is 12.5. The summed E-state index contributed by atoms with van der Waals surface area (Å²) in [4.78, 5) is 25.1. The van der Waals surface area contributed by atoms with Crippen molar-refractivity contribution >= 4 is 11.9 Å². The Bertz CT molecular complexity index is 847. The van der Waals surface area contributed by atoms with E-state index in [2.05, 4.69) is 5.32 Å². The Morgan fingerprint density at radius 2 is 2.13 bits per heavy atom. The van der Waals surface area contributed by atoms with Gasteiger partial charge in [-0.05, 0) is 13.0 Å². The minimum atomic E-state index is -1.66. The quantitative estimate of drug-likeness (QED) is 0.733. The molecule has 1 aromatic carbocycles. The molecule has 23 heavy (non-hydrogen) atoms. The molecule has 3 rings (SSSR count). The lowest BCUT2D eigenvalue weighted by Gasteiger charge is -2.34. The third-order valence-corrected chi connectivity index (χ3v) is 4.03. The zero-order chi connectivity index (χ0) is 16.8. The van der Waals surface area contributed by atoms with Gasteiger partial charge in [0.2, 0.25) is 11.8 Å². The monoisotopic (exact) mass is 311 g/mol. The Kier molecular flexibility index (Phi) is 3.11. The first kappa shape index (κ1) is 14.7. The highest BCUT2D eigenvalue weighted by atomic mass is 16.5. The van der Waals surface area contributed by atoms with Gasteiger partial charge in [0.25, 0.3) is 0 Å². The van der Waals surface area contributed by atoms with Gasteiger partial charge >= 0.3 is 5.97 Å². The molecule has 116 valence electrons. The molecule has 0 saturated heterocycles. The predicted molar refractivity (Wildman–Crippen MR) is 78.4 cm³/mol. The fourth-order valence-electron chi connectivity index (χ4n) is 3.12. The molecule has 0 unspecified atom stereocenters. The number of nitrogens with two attached hydrogens (primary N) is 1. The first-order valence-corrected chi connectivity index (χ1v) is 6.77. The summed E-state index contributed by atoms with van der Waals surface area (Å²) < 4.78 is 10.3. The average Bonchev–Trinajstić information content (AvgIpc) is 2.78. The third kappa shape index (κ3) is 1.69. The molecule has 1 spiro atoms. The van der Waals surface area contributed by atoms with E-state index in [4.69, 9.17) is 15.2 Å². The number of hydrogen-bond donors (Lipinski definition) is 2. The molecule has 0 bridgehead atoms. The summed E-state index contributed by atoms with van der Waals surface area (Å²) >= 11 is 0. The first-order chi connectivity index (χ1) is 11.0. The van der Waals surface area contributed by atoms with Crippen molar-refractivity contribution in [3.05, 3.63) is 52.6 Å². The molecule has 0 aromatic heterocycles. The smallest absolute Gasteiger partial charge is 0.337 e. The molecular formula is C16H13N3O4. The summed E-state index contributed by atoms with van der Waals surface area (Å²) in [6, 6.07) is 8.56.